The van der Waals surface area contributed by atoms with Crippen LogP contribution in [-0.2, 0) is 4.79 Å². The molecule has 0 radical (unpaired) electrons. The van der Waals surface area contributed by atoms with Crippen LogP contribution in [0.2, 0.25) is 0 Å². The number of likely N-dealkylation sites (tertiary alicyclic amines) is 1. The van der Waals surface area contributed by atoms with Crippen LogP contribution in [0.3, 0.4) is 0 Å². The van der Waals surface area contributed by atoms with Crippen molar-refractivity contribution in [2.24, 2.45) is 0 Å². The highest BCUT2D eigenvalue weighted by molar-refractivity contribution is 6.09. The number of phenolic OH excluding ortho intramolecular Hbond substituents is 2. The van der Waals surface area contributed by atoms with E-state index in [1.165, 1.54) is 18.2 Å². The first kappa shape index (κ1) is 17.4. The number of phenols is 2. The second kappa shape index (κ2) is 6.95. The standard InChI is InChI=1S/C21H22N2O4/c24-15-7-8-17(19(25)12-15)21(27)23-13-14(16-4-1-2-5-18(16)23)9-11-22-10-3-6-20(22)26/h1-2,4-5,7-8,12,14,24-25H,3,6,9-11,13H2. The van der Waals surface area contributed by atoms with E-state index < -0.39 is 0 Å². The summed E-state index contributed by atoms with van der Waals surface area (Å²) in [7, 11) is 0. The van der Waals surface area contributed by atoms with Gasteiger partial charge in [-0.2, -0.15) is 0 Å². The zero-order valence-corrected chi connectivity index (χ0v) is 15.0. The normalized spacial score (nSPS) is 18.8. The van der Waals surface area contributed by atoms with Crippen LogP contribution in [0, 0.1) is 0 Å². The number of carbonyl (C=O) groups excluding carboxylic acids is 2. The van der Waals surface area contributed by atoms with Crippen molar-refractivity contribution in [2.45, 2.75) is 25.2 Å². The first-order chi connectivity index (χ1) is 13.0. The molecule has 2 aromatic carbocycles. The molecule has 2 heterocycles. The molecule has 2 amide bonds. The topological polar surface area (TPSA) is 81.1 Å². The lowest BCUT2D eigenvalue weighted by atomic mass is 9.98. The summed E-state index contributed by atoms with van der Waals surface area (Å²) in [5, 5.41) is 19.5. The summed E-state index contributed by atoms with van der Waals surface area (Å²) in [6.07, 6.45) is 2.35. The first-order valence-electron chi connectivity index (χ1n) is 9.25. The highest BCUT2D eigenvalue weighted by Crippen LogP contribution is 2.39. The van der Waals surface area contributed by atoms with Gasteiger partial charge in [-0.25, -0.2) is 0 Å². The summed E-state index contributed by atoms with van der Waals surface area (Å²) >= 11 is 0. The van der Waals surface area contributed by atoms with E-state index in [1.54, 1.807) is 4.90 Å². The molecular formula is C21H22N2O4. The summed E-state index contributed by atoms with van der Waals surface area (Å²) in [4.78, 5) is 28.5. The van der Waals surface area contributed by atoms with Gasteiger partial charge < -0.3 is 20.0 Å². The highest BCUT2D eigenvalue weighted by Gasteiger charge is 2.34. The lowest BCUT2D eigenvalue weighted by Gasteiger charge is -2.20. The van der Waals surface area contributed by atoms with Crippen LogP contribution < -0.4 is 4.90 Å². The summed E-state index contributed by atoms with van der Waals surface area (Å²) in [6.45, 7) is 2.03. The van der Waals surface area contributed by atoms with E-state index in [0.29, 0.717) is 19.5 Å². The Kier molecular flexibility index (Phi) is 4.48. The van der Waals surface area contributed by atoms with Crippen molar-refractivity contribution in [1.82, 2.24) is 4.90 Å². The fourth-order valence-electron chi connectivity index (χ4n) is 4.03. The number of rotatable bonds is 4. The molecule has 6 nitrogen and oxygen atoms in total. The third kappa shape index (κ3) is 3.23. The molecule has 140 valence electrons. The average molecular weight is 366 g/mol. The molecule has 4 rings (SSSR count). The Hall–Kier alpha value is -3.02. The fourth-order valence-corrected chi connectivity index (χ4v) is 4.03. The minimum Gasteiger partial charge on any atom is -0.508 e. The van der Waals surface area contributed by atoms with Gasteiger partial charge in [0.1, 0.15) is 11.5 Å². The highest BCUT2D eigenvalue weighted by atomic mass is 16.3. The Labute approximate surface area is 157 Å². The molecule has 1 unspecified atom stereocenters. The quantitative estimate of drug-likeness (QED) is 0.872. The van der Waals surface area contributed by atoms with Gasteiger partial charge >= 0.3 is 0 Å². The number of amides is 2. The monoisotopic (exact) mass is 366 g/mol. The minimum atomic E-state index is -0.292. The number of nitrogens with zero attached hydrogens (tertiary/aromatic N) is 2. The van der Waals surface area contributed by atoms with Gasteiger partial charge in [0.2, 0.25) is 5.91 Å². The fraction of sp³-hybridized carbons (Fsp3) is 0.333. The molecule has 0 saturated carbocycles. The first-order valence-corrected chi connectivity index (χ1v) is 9.25. The van der Waals surface area contributed by atoms with E-state index in [-0.39, 0.29) is 34.8 Å². The smallest absolute Gasteiger partial charge is 0.262 e. The van der Waals surface area contributed by atoms with E-state index in [1.807, 2.05) is 29.2 Å². The van der Waals surface area contributed by atoms with Gasteiger partial charge in [-0.3, -0.25) is 9.59 Å². The molecule has 0 aromatic heterocycles. The molecule has 2 aliphatic heterocycles. The van der Waals surface area contributed by atoms with Gasteiger partial charge in [0.05, 0.1) is 5.56 Å². The summed E-state index contributed by atoms with van der Waals surface area (Å²) in [6, 6.07) is 11.8. The lowest BCUT2D eigenvalue weighted by Crippen LogP contribution is -2.31. The van der Waals surface area contributed by atoms with Crippen molar-refractivity contribution in [3.63, 3.8) is 0 Å². The molecule has 2 N–H and O–H groups in total. The maximum absolute atomic E-state index is 13.0. The van der Waals surface area contributed by atoms with E-state index in [2.05, 4.69) is 0 Å². The zero-order chi connectivity index (χ0) is 19.0. The largest absolute Gasteiger partial charge is 0.508 e. The van der Waals surface area contributed by atoms with Gasteiger partial charge in [0.25, 0.3) is 5.91 Å². The second-order valence-electron chi connectivity index (χ2n) is 7.15. The van der Waals surface area contributed by atoms with Crippen molar-refractivity contribution >= 4 is 17.5 Å². The maximum atomic E-state index is 13.0. The molecule has 0 spiro atoms. The average Bonchev–Trinajstić information content (AvgIpc) is 3.23. The van der Waals surface area contributed by atoms with Crippen LogP contribution in [0.25, 0.3) is 0 Å². The third-order valence-electron chi connectivity index (χ3n) is 5.45. The van der Waals surface area contributed by atoms with Gasteiger partial charge in [0, 0.05) is 43.7 Å². The van der Waals surface area contributed by atoms with Gasteiger partial charge in [-0.1, -0.05) is 18.2 Å². The Bertz CT molecular complexity index is 896. The van der Waals surface area contributed by atoms with Crippen LogP contribution in [0.5, 0.6) is 11.5 Å². The molecule has 2 aliphatic rings. The van der Waals surface area contributed by atoms with Crippen molar-refractivity contribution in [1.29, 1.82) is 0 Å². The number of aromatic hydroxyl groups is 2. The van der Waals surface area contributed by atoms with Gasteiger partial charge in [0.15, 0.2) is 0 Å². The van der Waals surface area contributed by atoms with Crippen molar-refractivity contribution in [3.05, 3.63) is 53.6 Å². The third-order valence-corrected chi connectivity index (χ3v) is 5.45. The summed E-state index contributed by atoms with van der Waals surface area (Å²) in [5.74, 6) is -0.247. The Morgan fingerprint density at radius 3 is 2.70 bits per heavy atom. The number of para-hydroxylation sites is 1. The van der Waals surface area contributed by atoms with E-state index in [4.69, 9.17) is 0 Å². The van der Waals surface area contributed by atoms with E-state index in [0.717, 1.165) is 30.6 Å². The van der Waals surface area contributed by atoms with E-state index >= 15 is 0 Å². The van der Waals surface area contributed by atoms with Crippen LogP contribution >= 0.6 is 0 Å². The van der Waals surface area contributed by atoms with Crippen molar-refractivity contribution in [3.8, 4) is 11.5 Å². The number of carbonyl (C=O) groups is 2. The predicted octanol–water partition coefficient (Wildman–Crippen LogP) is 2.85. The minimum absolute atomic E-state index is 0.0842. The zero-order valence-electron chi connectivity index (χ0n) is 15.0. The molecule has 6 heteroatoms. The van der Waals surface area contributed by atoms with Crippen LogP contribution in [0.1, 0.15) is 41.1 Å². The predicted molar refractivity (Wildman–Crippen MR) is 101 cm³/mol. The Morgan fingerprint density at radius 1 is 1.15 bits per heavy atom. The number of benzene rings is 2. The summed E-state index contributed by atoms with van der Waals surface area (Å²) < 4.78 is 0. The van der Waals surface area contributed by atoms with Crippen molar-refractivity contribution in [2.75, 3.05) is 24.5 Å². The lowest BCUT2D eigenvalue weighted by molar-refractivity contribution is -0.127. The van der Waals surface area contributed by atoms with Crippen LogP contribution in [0.4, 0.5) is 5.69 Å². The molecule has 0 bridgehead atoms. The molecular weight excluding hydrogens is 344 g/mol. The van der Waals surface area contributed by atoms with Gasteiger partial charge in [-0.15, -0.1) is 0 Å². The van der Waals surface area contributed by atoms with E-state index in [9.17, 15) is 19.8 Å². The van der Waals surface area contributed by atoms with Crippen LogP contribution in [0.15, 0.2) is 42.5 Å². The van der Waals surface area contributed by atoms with Crippen LogP contribution in [-0.4, -0.2) is 46.6 Å². The Morgan fingerprint density at radius 2 is 1.96 bits per heavy atom. The number of fused-ring (bicyclic) bond motifs is 1. The molecule has 1 atom stereocenters. The Balaban J connectivity index is 1.56. The molecule has 27 heavy (non-hydrogen) atoms. The summed E-state index contributed by atoms with van der Waals surface area (Å²) in [5.41, 5.74) is 2.10. The number of hydrogen-bond donors (Lipinski definition) is 2. The second-order valence-corrected chi connectivity index (χ2v) is 7.15. The van der Waals surface area contributed by atoms with Gasteiger partial charge in [-0.05, 0) is 36.6 Å². The molecule has 1 fully saturated rings. The van der Waals surface area contributed by atoms with Crippen molar-refractivity contribution < 1.29 is 19.8 Å². The number of anilines is 1. The maximum Gasteiger partial charge on any atom is 0.262 e. The SMILES string of the molecule is O=C1CCCN1CCC1CN(C(=O)c2ccc(O)cc2O)c2ccccc21. The number of hydrogen-bond acceptors (Lipinski definition) is 4. The molecule has 0 aliphatic carbocycles. The molecule has 1 saturated heterocycles. The molecule has 2 aromatic rings.